The van der Waals surface area contributed by atoms with Gasteiger partial charge in [-0.2, -0.15) is 5.10 Å². The summed E-state index contributed by atoms with van der Waals surface area (Å²) in [5.41, 5.74) is 7.28. The quantitative estimate of drug-likeness (QED) is 0.689. The minimum Gasteiger partial charge on any atom is -0.491 e. The number of rotatable bonds is 5. The number of nitrogens with zero attached hydrogens (tertiary/aromatic N) is 3. The number of hydrogen-bond donors (Lipinski definition) is 2. The van der Waals surface area contributed by atoms with Gasteiger partial charge in [0.2, 0.25) is 0 Å². The number of carbonyl (C=O) groups excluding carboxylic acids is 2. The van der Waals surface area contributed by atoms with Crippen molar-refractivity contribution in [2.75, 3.05) is 13.7 Å². The second kappa shape index (κ2) is 6.69. The molecule has 0 spiro atoms. The minimum atomic E-state index is -0.680. The molecule has 0 aliphatic carbocycles. The molecule has 138 valence electrons. The van der Waals surface area contributed by atoms with E-state index in [9.17, 15) is 9.59 Å². The molecule has 2 amide bonds. The Bertz CT molecular complexity index is 1050. The van der Waals surface area contributed by atoms with Crippen molar-refractivity contribution in [1.29, 1.82) is 0 Å². The fraction of sp³-hybridized carbons (Fsp3) is 0.222. The number of nitrogens with two attached hydrogens (primary N) is 1. The highest BCUT2D eigenvalue weighted by Gasteiger charge is 2.27. The molecule has 0 saturated carbocycles. The average Bonchev–Trinajstić information content (AvgIpc) is 3.23. The van der Waals surface area contributed by atoms with Crippen LogP contribution in [0.15, 0.2) is 36.5 Å². The first-order valence-electron chi connectivity index (χ1n) is 8.28. The first kappa shape index (κ1) is 17.0. The summed E-state index contributed by atoms with van der Waals surface area (Å²) in [5.74, 6) is -0.296. The van der Waals surface area contributed by atoms with E-state index in [1.807, 2.05) is 24.3 Å². The maximum atomic E-state index is 12.9. The van der Waals surface area contributed by atoms with E-state index in [0.29, 0.717) is 12.3 Å². The Balaban J connectivity index is 1.71. The molecule has 1 unspecified atom stereocenters. The first-order valence-corrected chi connectivity index (χ1v) is 8.28. The van der Waals surface area contributed by atoms with E-state index in [0.717, 1.165) is 11.3 Å². The summed E-state index contributed by atoms with van der Waals surface area (Å²) >= 11 is 0. The third-order valence-electron chi connectivity index (χ3n) is 4.36. The van der Waals surface area contributed by atoms with Crippen molar-refractivity contribution in [2.45, 2.75) is 12.6 Å². The van der Waals surface area contributed by atoms with Gasteiger partial charge in [-0.3, -0.25) is 9.59 Å². The molecule has 3 heterocycles. The number of benzene rings is 1. The Kier molecular flexibility index (Phi) is 4.21. The summed E-state index contributed by atoms with van der Waals surface area (Å²) in [7, 11) is 1.48. The average molecular weight is 367 g/mol. The van der Waals surface area contributed by atoms with Crippen LogP contribution in [-0.2, 0) is 11.3 Å². The van der Waals surface area contributed by atoms with Gasteiger partial charge >= 0.3 is 0 Å². The van der Waals surface area contributed by atoms with Crippen LogP contribution in [0.4, 0.5) is 0 Å². The van der Waals surface area contributed by atoms with Gasteiger partial charge < -0.3 is 20.5 Å². The molecular formula is C18H17N5O4. The van der Waals surface area contributed by atoms with Gasteiger partial charge in [-0.1, -0.05) is 18.2 Å². The molecule has 9 nitrogen and oxygen atoms in total. The number of primary amides is 1. The summed E-state index contributed by atoms with van der Waals surface area (Å²) in [6, 6.07) is 8.78. The van der Waals surface area contributed by atoms with Gasteiger partial charge in [0.15, 0.2) is 5.65 Å². The molecule has 0 bridgehead atoms. The Morgan fingerprint density at radius 1 is 1.37 bits per heavy atom. The van der Waals surface area contributed by atoms with E-state index in [1.165, 1.54) is 23.9 Å². The molecule has 0 saturated heterocycles. The predicted octanol–water partition coefficient (Wildman–Crippen LogP) is 0.838. The Labute approximate surface area is 154 Å². The van der Waals surface area contributed by atoms with Crippen LogP contribution in [0.25, 0.3) is 5.65 Å². The lowest BCUT2D eigenvalue weighted by Crippen LogP contribution is -2.31. The smallest absolute Gasteiger partial charge is 0.270 e. The fourth-order valence-corrected chi connectivity index (χ4v) is 3.17. The number of amides is 2. The molecule has 3 N–H and O–H groups in total. The second-order valence-corrected chi connectivity index (χ2v) is 6.06. The van der Waals surface area contributed by atoms with E-state index in [2.05, 4.69) is 15.4 Å². The molecule has 9 heteroatoms. The van der Waals surface area contributed by atoms with Gasteiger partial charge in [-0.15, -0.1) is 0 Å². The zero-order chi connectivity index (χ0) is 19.0. The molecule has 0 fully saturated rings. The number of ether oxygens (including phenoxy) is 2. The van der Waals surface area contributed by atoms with E-state index in [1.54, 1.807) is 0 Å². The van der Waals surface area contributed by atoms with Crippen molar-refractivity contribution in [1.82, 2.24) is 19.9 Å². The fourth-order valence-electron chi connectivity index (χ4n) is 3.17. The monoisotopic (exact) mass is 367 g/mol. The lowest BCUT2D eigenvalue weighted by Gasteiger charge is -2.12. The lowest BCUT2D eigenvalue weighted by atomic mass is 10.1. The predicted molar refractivity (Wildman–Crippen MR) is 94.4 cm³/mol. The van der Waals surface area contributed by atoms with Crippen molar-refractivity contribution in [3.63, 3.8) is 0 Å². The normalized spacial score (nSPS) is 15.4. The Morgan fingerprint density at radius 3 is 2.96 bits per heavy atom. The van der Waals surface area contributed by atoms with Crippen molar-refractivity contribution in [3.8, 4) is 5.75 Å². The molecule has 4 rings (SSSR count). The molecular weight excluding hydrogens is 350 g/mol. The van der Waals surface area contributed by atoms with Crippen LogP contribution in [0.5, 0.6) is 5.75 Å². The van der Waals surface area contributed by atoms with Crippen LogP contribution in [0.2, 0.25) is 0 Å². The van der Waals surface area contributed by atoms with Crippen LogP contribution in [0.3, 0.4) is 0 Å². The summed E-state index contributed by atoms with van der Waals surface area (Å²) in [6.45, 7) is 0.423. The standard InChI is InChI=1S/C18H17N5O4/c1-26-8-12-15(16(19)24)17-20-7-6-13(23(17)22-12)18(25)21-11-9-27-14-5-3-2-4-10(11)14/h2-7,11H,8-9H2,1H3,(H2,19,24)(H,21,25). The Morgan fingerprint density at radius 2 is 2.19 bits per heavy atom. The lowest BCUT2D eigenvalue weighted by molar-refractivity contribution is 0.0921. The van der Waals surface area contributed by atoms with E-state index in [4.69, 9.17) is 15.2 Å². The maximum absolute atomic E-state index is 12.9. The SMILES string of the molecule is COCc1nn2c(C(=O)NC3COc4ccccc43)ccnc2c1C(N)=O. The van der Waals surface area contributed by atoms with Crippen LogP contribution in [-0.4, -0.2) is 40.1 Å². The second-order valence-electron chi connectivity index (χ2n) is 6.06. The zero-order valence-corrected chi connectivity index (χ0v) is 14.5. The number of aromatic nitrogens is 3. The van der Waals surface area contributed by atoms with Gasteiger partial charge in [-0.25, -0.2) is 9.50 Å². The summed E-state index contributed by atoms with van der Waals surface area (Å²) in [5, 5.41) is 7.23. The van der Waals surface area contributed by atoms with Crippen molar-refractivity contribution >= 4 is 17.5 Å². The number of hydrogen-bond acceptors (Lipinski definition) is 6. The van der Waals surface area contributed by atoms with Gasteiger partial charge in [0.25, 0.3) is 11.8 Å². The number of para-hydroxylation sites is 1. The summed E-state index contributed by atoms with van der Waals surface area (Å²) in [6.07, 6.45) is 1.44. The van der Waals surface area contributed by atoms with Crippen LogP contribution in [0.1, 0.15) is 38.1 Å². The third kappa shape index (κ3) is 2.87. The summed E-state index contributed by atoms with van der Waals surface area (Å²) < 4.78 is 12.0. The molecule has 27 heavy (non-hydrogen) atoms. The molecule has 1 atom stereocenters. The third-order valence-corrected chi connectivity index (χ3v) is 4.36. The van der Waals surface area contributed by atoms with E-state index < -0.39 is 5.91 Å². The van der Waals surface area contributed by atoms with Crippen LogP contribution < -0.4 is 15.8 Å². The number of nitrogens with one attached hydrogen (secondary N) is 1. The number of methoxy groups -OCH3 is 1. The number of carbonyl (C=O) groups is 2. The highest BCUT2D eigenvalue weighted by Crippen LogP contribution is 2.31. The molecule has 1 aromatic carbocycles. The zero-order valence-electron chi connectivity index (χ0n) is 14.5. The van der Waals surface area contributed by atoms with Gasteiger partial charge in [0.1, 0.15) is 29.3 Å². The van der Waals surface area contributed by atoms with Crippen molar-refractivity contribution in [3.05, 3.63) is 59.0 Å². The molecule has 2 aromatic heterocycles. The van der Waals surface area contributed by atoms with E-state index >= 15 is 0 Å². The molecule has 3 aromatic rings. The topological polar surface area (TPSA) is 121 Å². The number of fused-ring (bicyclic) bond motifs is 2. The maximum Gasteiger partial charge on any atom is 0.270 e. The van der Waals surface area contributed by atoms with Crippen LogP contribution in [0, 0.1) is 0 Å². The minimum absolute atomic E-state index is 0.0759. The Hall–Kier alpha value is -3.46. The summed E-state index contributed by atoms with van der Waals surface area (Å²) in [4.78, 5) is 28.9. The van der Waals surface area contributed by atoms with Gasteiger partial charge in [0, 0.05) is 18.9 Å². The highest BCUT2D eigenvalue weighted by atomic mass is 16.5. The van der Waals surface area contributed by atoms with Gasteiger partial charge in [-0.05, 0) is 12.1 Å². The molecule has 1 aliphatic heterocycles. The molecule has 0 radical (unpaired) electrons. The van der Waals surface area contributed by atoms with Gasteiger partial charge in [0.05, 0.1) is 12.6 Å². The van der Waals surface area contributed by atoms with E-state index in [-0.39, 0.29) is 35.5 Å². The van der Waals surface area contributed by atoms with Crippen molar-refractivity contribution < 1.29 is 19.1 Å². The van der Waals surface area contributed by atoms with Crippen molar-refractivity contribution in [2.24, 2.45) is 5.73 Å². The molecule has 1 aliphatic rings. The highest BCUT2D eigenvalue weighted by molar-refractivity contribution is 6.01. The van der Waals surface area contributed by atoms with Crippen LogP contribution >= 0.6 is 0 Å². The first-order chi connectivity index (χ1) is 13.1. The largest absolute Gasteiger partial charge is 0.491 e.